The molecule has 1 atom stereocenters. The van der Waals surface area contributed by atoms with E-state index in [-0.39, 0.29) is 36.8 Å². The largest absolute Gasteiger partial charge is 0.354 e. The monoisotopic (exact) mass is 311 g/mol. The number of hydrogen-bond acceptors (Lipinski definition) is 4. The molecular weight excluding hydrogens is 293 g/mol. The molecule has 2 rings (SSSR count). The van der Waals surface area contributed by atoms with Crippen LogP contribution in [-0.2, 0) is 11.2 Å². The van der Waals surface area contributed by atoms with Gasteiger partial charge < -0.3 is 10.6 Å². The van der Waals surface area contributed by atoms with E-state index >= 15 is 0 Å². The van der Waals surface area contributed by atoms with Crippen molar-refractivity contribution >= 4 is 42.1 Å². The maximum atomic E-state index is 11.7. The number of thiazole rings is 1. The van der Waals surface area contributed by atoms with Gasteiger partial charge in [0.25, 0.3) is 0 Å². The lowest BCUT2D eigenvalue weighted by Crippen LogP contribution is -2.47. The van der Waals surface area contributed by atoms with Gasteiger partial charge in [-0.25, -0.2) is 4.98 Å². The number of halogens is 2. The molecule has 1 fully saturated rings. The van der Waals surface area contributed by atoms with Crippen LogP contribution in [-0.4, -0.2) is 30.0 Å². The zero-order chi connectivity index (χ0) is 11.2. The highest BCUT2D eigenvalue weighted by molar-refractivity contribution is 7.09. The first-order valence-corrected chi connectivity index (χ1v) is 6.64. The maximum Gasteiger partial charge on any atom is 0.237 e. The Morgan fingerprint density at radius 2 is 2.33 bits per heavy atom. The minimum atomic E-state index is 0. The lowest BCUT2D eigenvalue weighted by atomic mass is 10.0. The normalized spacial score (nSPS) is 18.3. The predicted molar refractivity (Wildman–Crippen MR) is 79.0 cm³/mol. The Morgan fingerprint density at radius 3 is 2.94 bits per heavy atom. The highest BCUT2D eigenvalue weighted by Crippen LogP contribution is 2.07. The van der Waals surface area contributed by atoms with E-state index in [2.05, 4.69) is 15.6 Å². The molecule has 2 heterocycles. The summed E-state index contributed by atoms with van der Waals surface area (Å²) in [5.74, 6) is 0.135. The maximum absolute atomic E-state index is 11.7. The van der Waals surface area contributed by atoms with E-state index in [9.17, 15) is 4.79 Å². The number of aromatic nitrogens is 1. The lowest BCUT2D eigenvalue weighted by Gasteiger charge is -2.22. The second-order valence-corrected chi connectivity index (χ2v) is 4.95. The Bertz CT molecular complexity index is 329. The molecule has 0 unspecified atom stereocenters. The first-order valence-electron chi connectivity index (χ1n) is 5.76. The third-order valence-electron chi connectivity index (χ3n) is 2.75. The number of carbonyl (C=O) groups is 1. The van der Waals surface area contributed by atoms with Crippen molar-refractivity contribution in [2.45, 2.75) is 31.7 Å². The van der Waals surface area contributed by atoms with E-state index in [0.717, 1.165) is 30.8 Å². The molecule has 0 aliphatic carbocycles. The van der Waals surface area contributed by atoms with Gasteiger partial charge in [-0.2, -0.15) is 0 Å². The standard InChI is InChI=1S/C11H17N3OS.2ClH/c15-11(9-3-1-2-5-12-9)14-6-4-10-13-7-8-16-10;;/h7-9,12H,1-6H2,(H,14,15);2*1H/t9-;;/m1../s1. The van der Waals surface area contributed by atoms with Crippen molar-refractivity contribution in [1.29, 1.82) is 0 Å². The molecule has 1 aliphatic heterocycles. The summed E-state index contributed by atoms with van der Waals surface area (Å²) in [5.41, 5.74) is 0. The summed E-state index contributed by atoms with van der Waals surface area (Å²) >= 11 is 1.63. The Labute approximate surface area is 124 Å². The average molecular weight is 312 g/mol. The summed E-state index contributed by atoms with van der Waals surface area (Å²) in [6.45, 7) is 1.65. The molecule has 0 radical (unpaired) electrons. The Balaban J connectivity index is 0.00000144. The van der Waals surface area contributed by atoms with Crippen molar-refractivity contribution in [3.05, 3.63) is 16.6 Å². The van der Waals surface area contributed by atoms with Gasteiger partial charge in [0.2, 0.25) is 5.91 Å². The van der Waals surface area contributed by atoms with Gasteiger partial charge in [0.1, 0.15) is 0 Å². The topological polar surface area (TPSA) is 54.0 Å². The molecule has 1 saturated heterocycles. The van der Waals surface area contributed by atoms with Gasteiger partial charge in [-0.1, -0.05) is 6.42 Å². The Kier molecular flexibility index (Phi) is 9.36. The smallest absolute Gasteiger partial charge is 0.237 e. The highest BCUT2D eigenvalue weighted by atomic mass is 35.5. The Hall–Kier alpha value is -0.360. The molecule has 18 heavy (non-hydrogen) atoms. The molecule has 1 aromatic heterocycles. The van der Waals surface area contributed by atoms with Crippen molar-refractivity contribution in [3.8, 4) is 0 Å². The number of piperidine rings is 1. The number of nitrogens with one attached hydrogen (secondary N) is 2. The van der Waals surface area contributed by atoms with E-state index in [1.54, 1.807) is 17.5 Å². The number of nitrogens with zero attached hydrogens (tertiary/aromatic N) is 1. The number of hydrogen-bond donors (Lipinski definition) is 2. The van der Waals surface area contributed by atoms with Gasteiger partial charge >= 0.3 is 0 Å². The van der Waals surface area contributed by atoms with Crippen LogP contribution in [0.1, 0.15) is 24.3 Å². The molecule has 104 valence electrons. The number of amides is 1. The van der Waals surface area contributed by atoms with Gasteiger partial charge in [0.05, 0.1) is 11.0 Å². The van der Waals surface area contributed by atoms with Gasteiger partial charge in [-0.15, -0.1) is 36.2 Å². The molecule has 0 saturated carbocycles. The third-order valence-corrected chi connectivity index (χ3v) is 3.59. The zero-order valence-electron chi connectivity index (χ0n) is 10.1. The van der Waals surface area contributed by atoms with Gasteiger partial charge in [0, 0.05) is 24.5 Å². The first kappa shape index (κ1) is 17.6. The molecule has 1 aromatic rings. The minimum Gasteiger partial charge on any atom is -0.354 e. The molecule has 2 N–H and O–H groups in total. The van der Waals surface area contributed by atoms with E-state index in [1.807, 2.05) is 5.38 Å². The SMILES string of the molecule is Cl.Cl.O=C(NCCc1nccs1)[C@H]1CCCCN1. The van der Waals surface area contributed by atoms with Gasteiger partial charge in [0.15, 0.2) is 0 Å². The molecule has 1 amide bonds. The van der Waals surface area contributed by atoms with Crippen molar-refractivity contribution < 1.29 is 4.79 Å². The van der Waals surface area contributed by atoms with Crippen molar-refractivity contribution in [3.63, 3.8) is 0 Å². The zero-order valence-corrected chi connectivity index (χ0v) is 12.5. The molecule has 4 nitrogen and oxygen atoms in total. The van der Waals surface area contributed by atoms with E-state index in [1.165, 1.54) is 6.42 Å². The van der Waals surface area contributed by atoms with Crippen LogP contribution < -0.4 is 10.6 Å². The average Bonchev–Trinajstić information content (AvgIpc) is 2.83. The van der Waals surface area contributed by atoms with Crippen LogP contribution in [0.5, 0.6) is 0 Å². The summed E-state index contributed by atoms with van der Waals surface area (Å²) in [4.78, 5) is 15.9. The van der Waals surface area contributed by atoms with Crippen LogP contribution in [0.2, 0.25) is 0 Å². The van der Waals surface area contributed by atoms with Crippen LogP contribution in [0, 0.1) is 0 Å². The second-order valence-electron chi connectivity index (χ2n) is 3.97. The predicted octanol–water partition coefficient (Wildman–Crippen LogP) is 1.79. The van der Waals surface area contributed by atoms with E-state index < -0.39 is 0 Å². The summed E-state index contributed by atoms with van der Waals surface area (Å²) in [7, 11) is 0. The Morgan fingerprint density at radius 1 is 1.50 bits per heavy atom. The fourth-order valence-electron chi connectivity index (χ4n) is 1.87. The van der Waals surface area contributed by atoms with E-state index in [4.69, 9.17) is 0 Å². The molecule has 1 aliphatic rings. The lowest BCUT2D eigenvalue weighted by molar-refractivity contribution is -0.123. The molecule has 0 spiro atoms. The fourth-order valence-corrected chi connectivity index (χ4v) is 2.49. The summed E-state index contributed by atoms with van der Waals surface area (Å²) in [6.07, 6.45) is 5.92. The van der Waals surface area contributed by atoms with Crippen LogP contribution >= 0.6 is 36.2 Å². The van der Waals surface area contributed by atoms with Gasteiger partial charge in [-0.3, -0.25) is 4.79 Å². The molecule has 7 heteroatoms. The third kappa shape index (κ3) is 5.52. The molecule has 0 aromatic carbocycles. The minimum absolute atomic E-state index is 0. The highest BCUT2D eigenvalue weighted by Gasteiger charge is 2.19. The van der Waals surface area contributed by atoms with E-state index in [0.29, 0.717) is 6.54 Å². The van der Waals surface area contributed by atoms with Crippen LogP contribution in [0.4, 0.5) is 0 Å². The fraction of sp³-hybridized carbons (Fsp3) is 0.636. The molecular formula is C11H19Cl2N3OS. The number of carbonyl (C=O) groups excluding carboxylic acids is 1. The molecule has 0 bridgehead atoms. The summed E-state index contributed by atoms with van der Waals surface area (Å²) in [6, 6.07) is 0.0186. The van der Waals surface area contributed by atoms with Crippen molar-refractivity contribution in [2.75, 3.05) is 13.1 Å². The summed E-state index contributed by atoms with van der Waals surface area (Å²) in [5, 5.41) is 9.23. The van der Waals surface area contributed by atoms with Crippen LogP contribution in [0.25, 0.3) is 0 Å². The first-order chi connectivity index (χ1) is 7.86. The summed E-state index contributed by atoms with van der Waals surface area (Å²) < 4.78 is 0. The van der Waals surface area contributed by atoms with Crippen molar-refractivity contribution in [2.24, 2.45) is 0 Å². The van der Waals surface area contributed by atoms with Crippen LogP contribution in [0.3, 0.4) is 0 Å². The van der Waals surface area contributed by atoms with Crippen LogP contribution in [0.15, 0.2) is 11.6 Å². The quantitative estimate of drug-likeness (QED) is 0.891. The van der Waals surface area contributed by atoms with Crippen molar-refractivity contribution in [1.82, 2.24) is 15.6 Å². The second kappa shape index (κ2) is 9.55. The number of rotatable bonds is 4. The van der Waals surface area contributed by atoms with Gasteiger partial charge in [-0.05, 0) is 19.4 Å².